The molecule has 0 bridgehead atoms. The Bertz CT molecular complexity index is 962. The van der Waals surface area contributed by atoms with Gasteiger partial charge in [-0.25, -0.2) is 0 Å². The molecule has 6 nitrogen and oxygen atoms in total. The molecular weight excluding hydrogens is 464 g/mol. The predicted octanol–water partition coefficient (Wildman–Crippen LogP) is 6.64. The van der Waals surface area contributed by atoms with Crippen LogP contribution in [0.1, 0.15) is 37.3 Å². The molecule has 0 saturated heterocycles. The van der Waals surface area contributed by atoms with Crippen molar-refractivity contribution in [2.75, 3.05) is 5.32 Å². The van der Waals surface area contributed by atoms with Crippen LogP contribution in [-0.2, 0) is 9.59 Å². The zero-order valence-corrected chi connectivity index (χ0v) is 18.6. The van der Waals surface area contributed by atoms with Crippen molar-refractivity contribution in [3.05, 3.63) is 43.4 Å². The number of aliphatic carboxylic acids is 1. The van der Waals surface area contributed by atoms with Gasteiger partial charge in [0, 0.05) is 5.56 Å². The third kappa shape index (κ3) is 5.20. The van der Waals surface area contributed by atoms with Gasteiger partial charge >= 0.3 is 5.97 Å². The Morgan fingerprint density at radius 2 is 1.62 bits per heavy atom. The van der Waals surface area contributed by atoms with E-state index in [0.29, 0.717) is 16.9 Å². The van der Waals surface area contributed by atoms with Crippen LogP contribution in [0.25, 0.3) is 0 Å². The largest absolute Gasteiger partial charge is 0.507 e. The first-order valence-corrected chi connectivity index (χ1v) is 9.84. The number of amides is 1. The Balaban J connectivity index is 2.48. The number of benzene rings is 2. The van der Waals surface area contributed by atoms with Gasteiger partial charge in [0.05, 0.1) is 15.7 Å². The Morgan fingerprint density at radius 3 is 2.10 bits per heavy atom. The van der Waals surface area contributed by atoms with E-state index in [1.807, 2.05) is 13.8 Å². The van der Waals surface area contributed by atoms with Crippen molar-refractivity contribution in [1.29, 1.82) is 0 Å². The topological polar surface area (TPSA) is 95.9 Å². The van der Waals surface area contributed by atoms with Crippen LogP contribution in [0.15, 0.2) is 12.1 Å². The van der Waals surface area contributed by atoms with E-state index >= 15 is 0 Å². The Labute approximate surface area is 187 Å². The number of phenolic OH excluding ortho intramolecular Hbond substituents is 1. The fourth-order valence-electron chi connectivity index (χ4n) is 2.52. The molecule has 0 heterocycles. The summed E-state index contributed by atoms with van der Waals surface area (Å²) >= 11 is 24.9. The molecular formula is C19H17Cl4NO5. The van der Waals surface area contributed by atoms with Gasteiger partial charge in [-0.3, -0.25) is 9.59 Å². The van der Waals surface area contributed by atoms with Crippen LogP contribution in [0.4, 0.5) is 5.69 Å². The summed E-state index contributed by atoms with van der Waals surface area (Å²) in [6, 6.07) is 3.24. The van der Waals surface area contributed by atoms with Gasteiger partial charge in [-0.1, -0.05) is 60.3 Å². The lowest BCUT2D eigenvalue weighted by atomic mass is 9.99. The summed E-state index contributed by atoms with van der Waals surface area (Å²) in [6.45, 7) is 5.56. The number of carboxylic acid groups (broad SMARTS) is 1. The highest BCUT2D eigenvalue weighted by Gasteiger charge is 2.24. The molecule has 0 saturated carbocycles. The maximum Gasteiger partial charge on any atom is 0.312 e. The number of aryl methyl sites for hydroxylation is 1. The second kappa shape index (κ2) is 9.30. The standard InChI is InChI=1S/C19H17Cl4NO5/c1-7(2)10-5-9(4-8(3)18(10)28)29-19-15(22)13(20)17(14(21)16(19)23)24-11(25)6-12(26)27/h4-5,7,28H,6H2,1-3H3,(H,24,25)(H,26,27). The molecule has 0 spiro atoms. The zero-order chi connectivity index (χ0) is 22.0. The molecule has 10 heteroatoms. The number of ether oxygens (including phenoxy) is 1. The van der Waals surface area contributed by atoms with Crippen molar-refractivity contribution in [2.45, 2.75) is 33.1 Å². The van der Waals surface area contributed by atoms with E-state index in [0.717, 1.165) is 0 Å². The highest BCUT2D eigenvalue weighted by Crippen LogP contribution is 2.50. The number of hydrogen-bond donors (Lipinski definition) is 3. The fraction of sp³-hybridized carbons (Fsp3) is 0.263. The lowest BCUT2D eigenvalue weighted by molar-refractivity contribution is -0.139. The summed E-state index contributed by atoms with van der Waals surface area (Å²) in [5.41, 5.74) is 1.14. The molecule has 0 aliphatic heterocycles. The third-order valence-electron chi connectivity index (χ3n) is 3.94. The highest BCUT2D eigenvalue weighted by molar-refractivity contribution is 6.52. The van der Waals surface area contributed by atoms with Crippen LogP contribution in [-0.4, -0.2) is 22.1 Å². The SMILES string of the molecule is Cc1cc(Oc2c(Cl)c(Cl)c(NC(=O)CC(=O)O)c(Cl)c2Cl)cc(C(C)C)c1O. The highest BCUT2D eigenvalue weighted by atomic mass is 35.5. The smallest absolute Gasteiger partial charge is 0.312 e. The van der Waals surface area contributed by atoms with Crippen molar-refractivity contribution in [3.8, 4) is 17.2 Å². The van der Waals surface area contributed by atoms with Crippen molar-refractivity contribution < 1.29 is 24.5 Å². The van der Waals surface area contributed by atoms with Gasteiger partial charge in [0.1, 0.15) is 28.0 Å². The molecule has 1 amide bonds. The molecule has 2 aromatic carbocycles. The van der Waals surface area contributed by atoms with Crippen molar-refractivity contribution >= 4 is 64.0 Å². The van der Waals surface area contributed by atoms with E-state index in [4.69, 9.17) is 56.2 Å². The van der Waals surface area contributed by atoms with Crippen molar-refractivity contribution in [2.24, 2.45) is 0 Å². The number of rotatable bonds is 6. The van der Waals surface area contributed by atoms with Gasteiger partial charge in [0.25, 0.3) is 0 Å². The molecule has 3 N–H and O–H groups in total. The summed E-state index contributed by atoms with van der Waals surface area (Å²) in [7, 11) is 0. The second-order valence-electron chi connectivity index (χ2n) is 6.51. The molecule has 0 fully saturated rings. The normalized spacial score (nSPS) is 10.9. The molecule has 0 aliphatic rings. The second-order valence-corrected chi connectivity index (χ2v) is 8.03. The average Bonchev–Trinajstić information content (AvgIpc) is 2.62. The summed E-state index contributed by atoms with van der Waals surface area (Å²) in [4.78, 5) is 22.4. The number of phenols is 1. The molecule has 0 aromatic heterocycles. The summed E-state index contributed by atoms with van der Waals surface area (Å²) in [5.74, 6) is -1.67. The minimum absolute atomic E-state index is 0.0298. The molecule has 0 unspecified atom stereocenters. The molecule has 0 aliphatic carbocycles. The number of aromatic hydroxyl groups is 1. The van der Waals surface area contributed by atoms with Crippen LogP contribution in [0, 0.1) is 6.92 Å². The number of nitrogens with one attached hydrogen (secondary N) is 1. The fourth-order valence-corrected chi connectivity index (χ4v) is 3.53. The molecule has 29 heavy (non-hydrogen) atoms. The van der Waals surface area contributed by atoms with Crippen LogP contribution in [0.3, 0.4) is 0 Å². The monoisotopic (exact) mass is 479 g/mol. The quantitative estimate of drug-likeness (QED) is 0.318. The van der Waals surface area contributed by atoms with E-state index in [2.05, 4.69) is 5.32 Å². The number of carboxylic acids is 1. The minimum Gasteiger partial charge on any atom is -0.507 e. The number of carbonyl (C=O) groups excluding carboxylic acids is 1. The summed E-state index contributed by atoms with van der Waals surface area (Å²) < 4.78 is 5.80. The maximum atomic E-state index is 11.7. The van der Waals surface area contributed by atoms with Crippen molar-refractivity contribution in [1.82, 2.24) is 0 Å². The minimum atomic E-state index is -1.32. The van der Waals surface area contributed by atoms with Crippen molar-refractivity contribution in [3.63, 3.8) is 0 Å². The average molecular weight is 481 g/mol. The van der Waals surface area contributed by atoms with Gasteiger partial charge < -0.3 is 20.3 Å². The summed E-state index contributed by atoms with van der Waals surface area (Å²) in [6.07, 6.45) is -0.787. The first-order valence-electron chi connectivity index (χ1n) is 8.32. The maximum absolute atomic E-state index is 11.7. The van der Waals surface area contributed by atoms with E-state index < -0.39 is 18.3 Å². The van der Waals surface area contributed by atoms with Crippen LogP contribution >= 0.6 is 46.4 Å². The van der Waals surface area contributed by atoms with E-state index in [9.17, 15) is 14.7 Å². The number of hydrogen-bond acceptors (Lipinski definition) is 4. The Kier molecular flexibility index (Phi) is 7.51. The first-order chi connectivity index (χ1) is 13.4. The van der Waals surface area contributed by atoms with E-state index in [-0.39, 0.29) is 43.2 Å². The van der Waals surface area contributed by atoms with Crippen LogP contribution in [0.5, 0.6) is 17.2 Å². The Morgan fingerprint density at radius 1 is 1.07 bits per heavy atom. The van der Waals surface area contributed by atoms with Gasteiger partial charge in [-0.2, -0.15) is 0 Å². The van der Waals surface area contributed by atoms with Gasteiger partial charge in [-0.05, 0) is 30.5 Å². The number of carbonyl (C=O) groups is 2. The third-order valence-corrected chi connectivity index (χ3v) is 5.62. The van der Waals surface area contributed by atoms with E-state index in [1.54, 1.807) is 19.1 Å². The number of anilines is 1. The van der Waals surface area contributed by atoms with Crippen LogP contribution in [0.2, 0.25) is 20.1 Å². The predicted molar refractivity (Wildman–Crippen MR) is 114 cm³/mol. The van der Waals surface area contributed by atoms with E-state index in [1.165, 1.54) is 0 Å². The summed E-state index contributed by atoms with van der Waals surface area (Å²) in [5, 5.41) is 20.6. The first kappa shape index (κ1) is 23.4. The molecule has 156 valence electrons. The lowest BCUT2D eigenvalue weighted by Gasteiger charge is -2.18. The van der Waals surface area contributed by atoms with Crippen LogP contribution < -0.4 is 10.1 Å². The van der Waals surface area contributed by atoms with Gasteiger partial charge in [0.15, 0.2) is 5.75 Å². The molecule has 0 atom stereocenters. The zero-order valence-electron chi connectivity index (χ0n) is 15.6. The molecule has 2 aromatic rings. The molecule has 0 radical (unpaired) electrons. The molecule has 2 rings (SSSR count). The Hall–Kier alpha value is -1.86. The van der Waals surface area contributed by atoms with Gasteiger partial charge in [-0.15, -0.1) is 0 Å². The lowest BCUT2D eigenvalue weighted by Crippen LogP contribution is -2.16. The number of halogens is 4. The van der Waals surface area contributed by atoms with Gasteiger partial charge in [0.2, 0.25) is 5.91 Å².